The Balaban J connectivity index is 1.64. The molecule has 21 heavy (non-hydrogen) atoms. The summed E-state index contributed by atoms with van der Waals surface area (Å²) in [4.78, 5) is 16.5. The minimum absolute atomic E-state index is 0.00550. The first-order valence-corrected chi connectivity index (χ1v) is 7.52. The Bertz CT molecular complexity index is 550. The van der Waals surface area contributed by atoms with Crippen molar-refractivity contribution in [3.63, 3.8) is 0 Å². The predicted octanol–water partition coefficient (Wildman–Crippen LogP) is 2.63. The van der Waals surface area contributed by atoms with E-state index in [0.29, 0.717) is 11.7 Å². The van der Waals surface area contributed by atoms with E-state index in [1.165, 1.54) is 0 Å². The number of nitrogens with zero attached hydrogens (tertiary/aromatic N) is 1. The Labute approximate surface area is 125 Å². The van der Waals surface area contributed by atoms with Crippen LogP contribution in [-0.2, 0) is 4.74 Å². The van der Waals surface area contributed by atoms with Crippen molar-refractivity contribution in [1.82, 2.24) is 10.3 Å². The molecule has 1 aliphatic heterocycles. The van der Waals surface area contributed by atoms with E-state index in [9.17, 15) is 4.79 Å². The first kappa shape index (κ1) is 14.3. The summed E-state index contributed by atoms with van der Waals surface area (Å²) in [7, 11) is 0. The van der Waals surface area contributed by atoms with Gasteiger partial charge in [-0.15, -0.1) is 0 Å². The number of hydrogen-bond acceptors (Lipinski definition) is 3. The predicted molar refractivity (Wildman–Crippen MR) is 81.3 cm³/mol. The topological polar surface area (TPSA) is 63.2 Å². The summed E-state index contributed by atoms with van der Waals surface area (Å²) >= 11 is 0. The van der Waals surface area contributed by atoms with Crippen molar-refractivity contribution in [2.24, 2.45) is 11.3 Å². The molecular formula is C16H23N3O2. The van der Waals surface area contributed by atoms with Crippen LogP contribution in [0.5, 0.6) is 0 Å². The number of urea groups is 1. The van der Waals surface area contributed by atoms with Crippen LogP contribution in [-0.4, -0.2) is 29.8 Å². The highest BCUT2D eigenvalue weighted by molar-refractivity contribution is 5.88. The van der Waals surface area contributed by atoms with Crippen molar-refractivity contribution in [2.75, 3.05) is 11.9 Å². The van der Waals surface area contributed by atoms with Gasteiger partial charge in [0, 0.05) is 29.7 Å². The van der Waals surface area contributed by atoms with Gasteiger partial charge in [0.2, 0.25) is 0 Å². The molecule has 2 heterocycles. The van der Waals surface area contributed by atoms with E-state index in [1.807, 2.05) is 26.0 Å². The SMILES string of the molecule is Cc1cc(C)nc(NC(=O)N[C@@H]2[C@H]3CCO[C@H]3C2(C)C)c1. The van der Waals surface area contributed by atoms with Crippen LogP contribution in [0.2, 0.25) is 0 Å². The Morgan fingerprint density at radius 1 is 1.38 bits per heavy atom. The van der Waals surface area contributed by atoms with E-state index in [0.717, 1.165) is 24.3 Å². The summed E-state index contributed by atoms with van der Waals surface area (Å²) in [5, 5.41) is 5.93. The summed E-state index contributed by atoms with van der Waals surface area (Å²) in [6.45, 7) is 9.02. The molecule has 1 saturated carbocycles. The van der Waals surface area contributed by atoms with Crippen molar-refractivity contribution in [2.45, 2.75) is 46.3 Å². The number of amides is 2. The van der Waals surface area contributed by atoms with Crippen LogP contribution >= 0.6 is 0 Å². The summed E-state index contributed by atoms with van der Waals surface area (Å²) in [6.07, 6.45) is 1.31. The average molecular weight is 289 g/mol. The Morgan fingerprint density at radius 3 is 2.86 bits per heavy atom. The second-order valence-electron chi connectivity index (χ2n) is 6.81. The monoisotopic (exact) mass is 289 g/mol. The molecule has 1 aliphatic carbocycles. The third kappa shape index (κ3) is 2.50. The van der Waals surface area contributed by atoms with Crippen LogP contribution in [0.15, 0.2) is 12.1 Å². The second kappa shape index (κ2) is 4.98. The minimum atomic E-state index is -0.184. The molecule has 114 valence electrons. The molecule has 0 bridgehead atoms. The van der Waals surface area contributed by atoms with Crippen molar-refractivity contribution in [3.05, 3.63) is 23.4 Å². The van der Waals surface area contributed by atoms with Gasteiger partial charge in [-0.05, 0) is 38.0 Å². The van der Waals surface area contributed by atoms with E-state index in [-0.39, 0.29) is 23.6 Å². The molecule has 2 aliphatic rings. The summed E-state index contributed by atoms with van der Waals surface area (Å²) in [6, 6.07) is 3.84. The number of pyridine rings is 1. The lowest BCUT2D eigenvalue weighted by molar-refractivity contribution is -0.107. The van der Waals surface area contributed by atoms with Gasteiger partial charge in [0.25, 0.3) is 0 Å². The number of carbonyl (C=O) groups is 1. The smallest absolute Gasteiger partial charge is 0.320 e. The fraction of sp³-hybridized carbons (Fsp3) is 0.625. The van der Waals surface area contributed by atoms with Crippen molar-refractivity contribution in [1.29, 1.82) is 0 Å². The molecule has 1 aromatic heterocycles. The number of hydrogen-bond donors (Lipinski definition) is 2. The van der Waals surface area contributed by atoms with Gasteiger partial charge in [0.05, 0.1) is 6.10 Å². The lowest BCUT2D eigenvalue weighted by Crippen LogP contribution is -2.67. The largest absolute Gasteiger partial charge is 0.377 e. The highest BCUT2D eigenvalue weighted by Gasteiger charge is 2.59. The van der Waals surface area contributed by atoms with Gasteiger partial charge in [-0.1, -0.05) is 13.8 Å². The Hall–Kier alpha value is -1.62. The quantitative estimate of drug-likeness (QED) is 0.879. The van der Waals surface area contributed by atoms with Crippen LogP contribution in [0.1, 0.15) is 31.5 Å². The van der Waals surface area contributed by atoms with E-state index < -0.39 is 0 Å². The zero-order valence-corrected chi connectivity index (χ0v) is 13.1. The molecule has 0 spiro atoms. The molecule has 5 heteroatoms. The first-order chi connectivity index (χ1) is 9.88. The lowest BCUT2D eigenvalue weighted by atomic mass is 9.57. The number of aryl methyl sites for hydroxylation is 2. The number of nitrogens with one attached hydrogen (secondary N) is 2. The third-order valence-corrected chi connectivity index (χ3v) is 4.73. The molecule has 5 nitrogen and oxygen atoms in total. The van der Waals surface area contributed by atoms with Crippen LogP contribution in [0, 0.1) is 25.2 Å². The molecule has 3 atom stereocenters. The maximum Gasteiger partial charge on any atom is 0.320 e. The molecule has 2 amide bonds. The standard InChI is InChI=1S/C16H23N3O2/c1-9-7-10(2)17-12(8-9)18-15(20)19-13-11-5-6-21-14(11)16(13,3)4/h7-8,11,13-14H,5-6H2,1-4H3,(H2,17,18,19,20)/t11-,13-,14-/m1/s1. The number of ether oxygens (including phenoxy) is 1. The molecule has 2 N–H and O–H groups in total. The maximum atomic E-state index is 12.2. The molecule has 1 saturated heterocycles. The molecule has 0 radical (unpaired) electrons. The van der Waals surface area contributed by atoms with Crippen molar-refractivity contribution < 1.29 is 9.53 Å². The van der Waals surface area contributed by atoms with Gasteiger partial charge in [-0.25, -0.2) is 9.78 Å². The molecule has 0 unspecified atom stereocenters. The van der Waals surface area contributed by atoms with Gasteiger partial charge in [-0.3, -0.25) is 5.32 Å². The van der Waals surface area contributed by atoms with Gasteiger partial charge < -0.3 is 10.1 Å². The van der Waals surface area contributed by atoms with E-state index >= 15 is 0 Å². The Morgan fingerprint density at radius 2 is 2.14 bits per heavy atom. The van der Waals surface area contributed by atoms with E-state index in [4.69, 9.17) is 4.74 Å². The van der Waals surface area contributed by atoms with E-state index in [1.54, 1.807) is 0 Å². The second-order valence-corrected chi connectivity index (χ2v) is 6.81. The fourth-order valence-electron chi connectivity index (χ4n) is 3.82. The molecular weight excluding hydrogens is 266 g/mol. The van der Waals surface area contributed by atoms with Crippen LogP contribution in [0.3, 0.4) is 0 Å². The number of anilines is 1. The average Bonchev–Trinajstić information content (AvgIpc) is 2.81. The Kier molecular flexibility index (Phi) is 3.40. The number of rotatable bonds is 2. The minimum Gasteiger partial charge on any atom is -0.377 e. The number of carbonyl (C=O) groups excluding carboxylic acids is 1. The van der Waals surface area contributed by atoms with E-state index in [2.05, 4.69) is 29.5 Å². The normalized spacial score (nSPS) is 29.4. The summed E-state index contributed by atoms with van der Waals surface area (Å²) in [5.41, 5.74) is 1.98. The summed E-state index contributed by atoms with van der Waals surface area (Å²) in [5.74, 6) is 1.04. The molecule has 2 fully saturated rings. The van der Waals surface area contributed by atoms with Crippen molar-refractivity contribution >= 4 is 11.8 Å². The highest BCUT2D eigenvalue weighted by atomic mass is 16.5. The van der Waals surface area contributed by atoms with Gasteiger partial charge >= 0.3 is 6.03 Å². The maximum absolute atomic E-state index is 12.2. The van der Waals surface area contributed by atoms with Gasteiger partial charge in [0.1, 0.15) is 5.82 Å². The van der Waals surface area contributed by atoms with Crippen LogP contribution < -0.4 is 10.6 Å². The van der Waals surface area contributed by atoms with Gasteiger partial charge in [-0.2, -0.15) is 0 Å². The van der Waals surface area contributed by atoms with Gasteiger partial charge in [0.15, 0.2) is 0 Å². The molecule has 0 aromatic carbocycles. The molecule has 1 aromatic rings. The van der Waals surface area contributed by atoms with Crippen LogP contribution in [0.25, 0.3) is 0 Å². The highest BCUT2D eigenvalue weighted by Crippen LogP contribution is 2.52. The number of fused-ring (bicyclic) bond motifs is 1. The number of aromatic nitrogens is 1. The molecule has 3 rings (SSSR count). The first-order valence-electron chi connectivity index (χ1n) is 7.52. The lowest BCUT2D eigenvalue weighted by Gasteiger charge is -2.54. The third-order valence-electron chi connectivity index (χ3n) is 4.73. The zero-order valence-electron chi connectivity index (χ0n) is 13.1. The van der Waals surface area contributed by atoms with Crippen molar-refractivity contribution in [3.8, 4) is 0 Å². The summed E-state index contributed by atoms with van der Waals surface area (Å²) < 4.78 is 5.74. The fourth-order valence-corrected chi connectivity index (χ4v) is 3.82. The van der Waals surface area contributed by atoms with Crippen LogP contribution in [0.4, 0.5) is 10.6 Å². The zero-order chi connectivity index (χ0) is 15.2.